The second-order valence-corrected chi connectivity index (χ2v) is 3.85. The molecule has 3 heteroatoms. The Kier molecular flexibility index (Phi) is 3.11. The molecule has 0 spiro atoms. The van der Waals surface area contributed by atoms with E-state index in [1.807, 2.05) is 12.1 Å². The lowest BCUT2D eigenvalue weighted by molar-refractivity contribution is 0.111. The zero-order valence-corrected chi connectivity index (χ0v) is 8.90. The van der Waals surface area contributed by atoms with Gasteiger partial charge in [-0.15, -0.1) is 0 Å². The maximum absolute atomic E-state index is 9.44. The van der Waals surface area contributed by atoms with Crippen molar-refractivity contribution < 1.29 is 14.6 Å². The predicted molar refractivity (Wildman–Crippen MR) is 57.3 cm³/mol. The van der Waals surface area contributed by atoms with E-state index in [1.54, 1.807) is 13.2 Å². The van der Waals surface area contributed by atoms with E-state index >= 15 is 0 Å². The molecule has 2 rings (SSSR count). The molecule has 1 N–H and O–H groups in total. The van der Waals surface area contributed by atoms with Crippen LogP contribution >= 0.6 is 0 Å². The summed E-state index contributed by atoms with van der Waals surface area (Å²) in [7, 11) is 1.56. The molecule has 3 nitrogen and oxygen atoms in total. The van der Waals surface area contributed by atoms with Gasteiger partial charge in [-0.25, -0.2) is 0 Å². The van der Waals surface area contributed by atoms with Crippen molar-refractivity contribution in [3.05, 3.63) is 23.8 Å². The number of phenols is 1. The Bertz CT molecular complexity index is 330. The third-order valence-corrected chi connectivity index (χ3v) is 2.73. The highest BCUT2D eigenvalue weighted by Crippen LogP contribution is 2.28. The van der Waals surface area contributed by atoms with Crippen molar-refractivity contribution in [2.75, 3.05) is 13.7 Å². The first-order chi connectivity index (χ1) is 7.29. The smallest absolute Gasteiger partial charge is 0.160 e. The predicted octanol–water partition coefficient (Wildman–Crippen LogP) is 2.12. The minimum absolute atomic E-state index is 0.189. The monoisotopic (exact) mass is 208 g/mol. The summed E-state index contributed by atoms with van der Waals surface area (Å²) in [6, 6.07) is 5.46. The van der Waals surface area contributed by atoms with Crippen molar-refractivity contribution in [2.45, 2.75) is 25.4 Å². The Morgan fingerprint density at radius 1 is 1.53 bits per heavy atom. The van der Waals surface area contributed by atoms with Crippen LogP contribution in [0.25, 0.3) is 0 Å². The first kappa shape index (κ1) is 10.3. The van der Waals surface area contributed by atoms with Crippen LogP contribution in [-0.2, 0) is 11.2 Å². The van der Waals surface area contributed by atoms with Crippen molar-refractivity contribution in [3.63, 3.8) is 0 Å². The zero-order chi connectivity index (χ0) is 10.7. The standard InChI is InChI=1S/C12H16O3/c1-14-12-8-9(4-5-11(12)13)7-10-3-2-6-15-10/h4-5,8,10,13H,2-3,6-7H2,1H3. The molecule has 1 atom stereocenters. The zero-order valence-electron chi connectivity index (χ0n) is 8.90. The average Bonchev–Trinajstić information content (AvgIpc) is 2.73. The first-order valence-electron chi connectivity index (χ1n) is 5.27. The summed E-state index contributed by atoms with van der Waals surface area (Å²) in [5.74, 6) is 0.721. The van der Waals surface area contributed by atoms with Gasteiger partial charge in [-0.1, -0.05) is 6.07 Å². The molecule has 0 bridgehead atoms. The van der Waals surface area contributed by atoms with E-state index in [2.05, 4.69) is 0 Å². The number of benzene rings is 1. The Balaban J connectivity index is 2.07. The number of hydrogen-bond acceptors (Lipinski definition) is 3. The largest absolute Gasteiger partial charge is 0.504 e. The summed E-state index contributed by atoms with van der Waals surface area (Å²) in [6.07, 6.45) is 3.51. The van der Waals surface area contributed by atoms with Crippen LogP contribution in [0.5, 0.6) is 11.5 Å². The number of ether oxygens (including phenoxy) is 2. The highest BCUT2D eigenvalue weighted by molar-refractivity contribution is 5.41. The maximum Gasteiger partial charge on any atom is 0.160 e. The number of hydrogen-bond donors (Lipinski definition) is 1. The summed E-state index contributed by atoms with van der Waals surface area (Å²) in [5.41, 5.74) is 1.15. The Morgan fingerprint density at radius 2 is 2.40 bits per heavy atom. The van der Waals surface area contributed by atoms with Gasteiger partial charge < -0.3 is 14.6 Å². The summed E-state index contributed by atoms with van der Waals surface area (Å²) in [6.45, 7) is 0.875. The van der Waals surface area contributed by atoms with Crippen molar-refractivity contribution in [1.82, 2.24) is 0 Å². The topological polar surface area (TPSA) is 38.7 Å². The maximum atomic E-state index is 9.44. The molecular formula is C12H16O3. The SMILES string of the molecule is COc1cc(CC2CCCO2)ccc1O. The Morgan fingerprint density at radius 3 is 3.07 bits per heavy atom. The van der Waals surface area contributed by atoms with Gasteiger partial charge in [0.1, 0.15) is 0 Å². The molecule has 1 unspecified atom stereocenters. The summed E-state index contributed by atoms with van der Waals surface area (Å²) < 4.78 is 10.6. The van der Waals surface area contributed by atoms with Crippen LogP contribution in [0.3, 0.4) is 0 Å². The van der Waals surface area contributed by atoms with Crippen molar-refractivity contribution in [2.24, 2.45) is 0 Å². The van der Waals surface area contributed by atoms with E-state index in [0.29, 0.717) is 11.9 Å². The number of phenolic OH excluding ortho intramolecular Hbond substituents is 1. The number of methoxy groups -OCH3 is 1. The molecule has 1 aromatic carbocycles. The van der Waals surface area contributed by atoms with Crippen LogP contribution in [-0.4, -0.2) is 24.9 Å². The quantitative estimate of drug-likeness (QED) is 0.827. The minimum Gasteiger partial charge on any atom is -0.504 e. The van der Waals surface area contributed by atoms with Gasteiger partial charge in [0.25, 0.3) is 0 Å². The van der Waals surface area contributed by atoms with Crippen LogP contribution in [0, 0.1) is 0 Å². The molecule has 0 aliphatic carbocycles. The molecule has 15 heavy (non-hydrogen) atoms. The fourth-order valence-corrected chi connectivity index (χ4v) is 1.92. The second kappa shape index (κ2) is 4.53. The van der Waals surface area contributed by atoms with Crippen LogP contribution in [0.1, 0.15) is 18.4 Å². The van der Waals surface area contributed by atoms with E-state index in [9.17, 15) is 5.11 Å². The summed E-state index contributed by atoms with van der Waals surface area (Å²) in [5, 5.41) is 9.44. The van der Waals surface area contributed by atoms with E-state index in [0.717, 1.165) is 31.4 Å². The van der Waals surface area contributed by atoms with Gasteiger partial charge in [-0.3, -0.25) is 0 Å². The van der Waals surface area contributed by atoms with Gasteiger partial charge >= 0.3 is 0 Å². The highest BCUT2D eigenvalue weighted by Gasteiger charge is 2.16. The molecule has 1 aliphatic heterocycles. The van der Waals surface area contributed by atoms with Crippen molar-refractivity contribution >= 4 is 0 Å². The highest BCUT2D eigenvalue weighted by atomic mass is 16.5. The Labute approximate surface area is 89.6 Å². The number of rotatable bonds is 3. The lowest BCUT2D eigenvalue weighted by atomic mass is 10.1. The molecule has 1 aromatic rings. The molecule has 0 amide bonds. The summed E-state index contributed by atoms with van der Waals surface area (Å²) >= 11 is 0. The molecular weight excluding hydrogens is 192 g/mol. The van der Waals surface area contributed by atoms with Crippen LogP contribution in [0.4, 0.5) is 0 Å². The Hall–Kier alpha value is -1.22. The van der Waals surface area contributed by atoms with E-state index in [1.165, 1.54) is 0 Å². The van der Waals surface area contributed by atoms with Crippen molar-refractivity contribution in [1.29, 1.82) is 0 Å². The lowest BCUT2D eigenvalue weighted by Gasteiger charge is -2.10. The van der Waals surface area contributed by atoms with Gasteiger partial charge in [0.2, 0.25) is 0 Å². The third-order valence-electron chi connectivity index (χ3n) is 2.73. The van der Waals surface area contributed by atoms with Crippen molar-refractivity contribution in [3.8, 4) is 11.5 Å². The fraction of sp³-hybridized carbons (Fsp3) is 0.500. The molecule has 1 saturated heterocycles. The van der Waals surface area contributed by atoms with Gasteiger partial charge in [0.05, 0.1) is 13.2 Å². The van der Waals surface area contributed by atoms with Crippen LogP contribution in [0.2, 0.25) is 0 Å². The van der Waals surface area contributed by atoms with Gasteiger partial charge in [0.15, 0.2) is 11.5 Å². The third kappa shape index (κ3) is 2.42. The molecule has 1 heterocycles. The van der Waals surface area contributed by atoms with Crippen LogP contribution in [0.15, 0.2) is 18.2 Å². The minimum atomic E-state index is 0.189. The molecule has 0 radical (unpaired) electrons. The fourth-order valence-electron chi connectivity index (χ4n) is 1.92. The normalized spacial score (nSPS) is 20.5. The number of aromatic hydroxyl groups is 1. The van der Waals surface area contributed by atoms with Crippen LogP contribution < -0.4 is 4.74 Å². The average molecular weight is 208 g/mol. The van der Waals surface area contributed by atoms with Gasteiger partial charge in [-0.2, -0.15) is 0 Å². The van der Waals surface area contributed by atoms with E-state index < -0.39 is 0 Å². The van der Waals surface area contributed by atoms with E-state index in [-0.39, 0.29) is 5.75 Å². The summed E-state index contributed by atoms with van der Waals surface area (Å²) in [4.78, 5) is 0. The van der Waals surface area contributed by atoms with E-state index in [4.69, 9.17) is 9.47 Å². The molecule has 0 aromatic heterocycles. The van der Waals surface area contributed by atoms with Gasteiger partial charge in [-0.05, 0) is 37.0 Å². The second-order valence-electron chi connectivity index (χ2n) is 3.85. The molecule has 1 fully saturated rings. The molecule has 0 saturated carbocycles. The molecule has 1 aliphatic rings. The molecule has 82 valence electrons. The first-order valence-corrected chi connectivity index (χ1v) is 5.27. The van der Waals surface area contributed by atoms with Gasteiger partial charge in [0, 0.05) is 6.61 Å². The lowest BCUT2D eigenvalue weighted by Crippen LogP contribution is -2.08.